The highest BCUT2D eigenvalue weighted by Crippen LogP contribution is 2.38. The third-order valence-electron chi connectivity index (χ3n) is 9.27. The number of hydrogen-bond acceptors (Lipinski definition) is 14. The molecule has 7 rings (SSSR count). The van der Waals surface area contributed by atoms with Gasteiger partial charge in [-0.25, -0.2) is 0 Å². The number of aliphatic hydroxyl groups is 4. The van der Waals surface area contributed by atoms with Crippen LogP contribution in [0.5, 0.6) is 17.2 Å². The van der Waals surface area contributed by atoms with E-state index in [4.69, 9.17) is 37.9 Å². The molecule has 3 aromatic carbocycles. The van der Waals surface area contributed by atoms with Gasteiger partial charge < -0.3 is 58.3 Å². The van der Waals surface area contributed by atoms with Crippen LogP contribution in [-0.2, 0) is 23.7 Å². The molecule has 4 aliphatic heterocycles. The first-order valence-corrected chi connectivity index (χ1v) is 16.0. The number of carbonyl (C=O) groups excluding carboxylic acids is 2. The zero-order chi connectivity index (χ0) is 35.1. The van der Waals surface area contributed by atoms with Gasteiger partial charge in [-0.3, -0.25) is 14.5 Å². The highest BCUT2D eigenvalue weighted by Gasteiger charge is 2.57. The first-order valence-electron chi connectivity index (χ1n) is 16.0. The quantitative estimate of drug-likeness (QED) is 0.230. The zero-order valence-corrected chi connectivity index (χ0v) is 27.0. The Morgan fingerprint density at radius 3 is 1.94 bits per heavy atom. The third-order valence-corrected chi connectivity index (χ3v) is 9.27. The van der Waals surface area contributed by atoms with Crippen LogP contribution >= 0.6 is 0 Å². The fourth-order valence-electron chi connectivity index (χ4n) is 6.63. The lowest BCUT2D eigenvalue weighted by atomic mass is 9.94. The van der Waals surface area contributed by atoms with Gasteiger partial charge in [0.05, 0.1) is 38.6 Å². The van der Waals surface area contributed by atoms with Crippen LogP contribution in [0.4, 0.5) is 0 Å². The summed E-state index contributed by atoms with van der Waals surface area (Å²) in [6.45, 7) is -0.750. The van der Waals surface area contributed by atoms with Crippen molar-refractivity contribution in [2.45, 2.75) is 67.6 Å². The van der Waals surface area contributed by atoms with Crippen molar-refractivity contribution in [3.63, 3.8) is 0 Å². The molecule has 266 valence electrons. The van der Waals surface area contributed by atoms with E-state index < -0.39 is 86.1 Å². The average molecular weight is 696 g/mol. The smallest absolute Gasteiger partial charge is 0.262 e. The number of aliphatic hydroxyl groups excluding tert-OH is 4. The lowest BCUT2D eigenvalue weighted by Crippen LogP contribution is -2.69. The van der Waals surface area contributed by atoms with E-state index in [0.717, 1.165) is 4.90 Å². The van der Waals surface area contributed by atoms with Gasteiger partial charge in [0.25, 0.3) is 11.8 Å². The standard InChI is InChI=1S/C35H37NO14/c1-43-18-9-7-17(8-10-18)33-45-16-24-30(49-33)27(39)28(40)35(48-24)50-29-23(15-37)47-34(46-20-13-11-19(44-2)12-14-20)25(26(29)38)36-31(41)21-5-3-4-6-22(21)32(36)42/h3-14,23-30,33-35,37-40H,15-16H2,1-2H3/t23-,24-,25-,26-,27-,28-,29-,30+,33?,34-,35+/m1/s1. The molecule has 1 unspecified atom stereocenters. The molecule has 3 saturated heterocycles. The van der Waals surface area contributed by atoms with Crippen molar-refractivity contribution in [1.82, 2.24) is 4.90 Å². The van der Waals surface area contributed by atoms with Crippen molar-refractivity contribution >= 4 is 11.8 Å². The topological polar surface area (TPSA) is 192 Å². The van der Waals surface area contributed by atoms with Crippen LogP contribution in [0.25, 0.3) is 0 Å². The number of benzene rings is 3. The Bertz CT molecular complexity index is 1630. The SMILES string of the molecule is COc1ccc(O[C@@H]2O[C@H](CO)[C@@H](O[C@@H]3O[C@@H]4COC(c5ccc(OC)cc5)O[C@@H]4[C@H](O)[C@H]3O)[C@H](O)[C@H]2N2C(=O)c3ccccc3C2=O)cc1. The lowest BCUT2D eigenvalue weighted by molar-refractivity contribution is -0.380. The summed E-state index contributed by atoms with van der Waals surface area (Å²) in [5.74, 6) is 0.0424. The van der Waals surface area contributed by atoms with E-state index in [-0.39, 0.29) is 23.5 Å². The number of ether oxygens (including phenoxy) is 8. The number of nitrogens with zero attached hydrogens (tertiary/aromatic N) is 1. The number of rotatable bonds is 9. The van der Waals surface area contributed by atoms with Crippen molar-refractivity contribution in [3.05, 3.63) is 89.5 Å². The maximum Gasteiger partial charge on any atom is 0.262 e. The van der Waals surface area contributed by atoms with Gasteiger partial charge in [0, 0.05) is 5.56 Å². The van der Waals surface area contributed by atoms with E-state index in [1.54, 1.807) is 67.8 Å². The van der Waals surface area contributed by atoms with Gasteiger partial charge in [0.1, 0.15) is 66.0 Å². The van der Waals surface area contributed by atoms with E-state index in [1.165, 1.54) is 19.2 Å². The summed E-state index contributed by atoms with van der Waals surface area (Å²) in [5, 5.41) is 44.7. The number of hydrogen-bond donors (Lipinski definition) is 4. The molecule has 0 radical (unpaired) electrons. The van der Waals surface area contributed by atoms with E-state index >= 15 is 0 Å². The molecule has 4 aliphatic rings. The molecule has 4 heterocycles. The Balaban J connectivity index is 1.12. The van der Waals surface area contributed by atoms with Crippen LogP contribution in [0.2, 0.25) is 0 Å². The summed E-state index contributed by atoms with van der Waals surface area (Å²) >= 11 is 0. The van der Waals surface area contributed by atoms with Crippen molar-refractivity contribution < 1.29 is 67.9 Å². The minimum atomic E-state index is -1.74. The third kappa shape index (κ3) is 6.21. The molecule has 0 bridgehead atoms. The first kappa shape index (κ1) is 34.3. The molecule has 0 aliphatic carbocycles. The Morgan fingerprint density at radius 1 is 0.740 bits per heavy atom. The zero-order valence-electron chi connectivity index (χ0n) is 27.0. The Morgan fingerprint density at radius 2 is 1.34 bits per heavy atom. The van der Waals surface area contributed by atoms with Gasteiger partial charge in [0.2, 0.25) is 6.29 Å². The molecule has 15 heteroatoms. The number of imide groups is 1. The molecule has 3 aromatic rings. The molecule has 4 N–H and O–H groups in total. The van der Waals surface area contributed by atoms with Crippen molar-refractivity contribution in [2.24, 2.45) is 0 Å². The number of methoxy groups -OCH3 is 2. The van der Waals surface area contributed by atoms with Gasteiger partial charge in [-0.15, -0.1) is 0 Å². The van der Waals surface area contributed by atoms with Gasteiger partial charge in [-0.05, 0) is 48.5 Å². The van der Waals surface area contributed by atoms with E-state index in [1.807, 2.05) is 0 Å². The molecule has 15 nitrogen and oxygen atoms in total. The van der Waals surface area contributed by atoms with E-state index in [9.17, 15) is 30.0 Å². The van der Waals surface area contributed by atoms with E-state index in [0.29, 0.717) is 17.1 Å². The van der Waals surface area contributed by atoms with Crippen molar-refractivity contribution in [3.8, 4) is 17.2 Å². The average Bonchev–Trinajstić information content (AvgIpc) is 3.40. The largest absolute Gasteiger partial charge is 0.497 e. The number of amides is 2. The number of fused-ring (bicyclic) bond motifs is 2. The Hall–Kier alpha value is -4.16. The second-order valence-corrected chi connectivity index (χ2v) is 12.2. The summed E-state index contributed by atoms with van der Waals surface area (Å²) in [6, 6.07) is 18.1. The molecule has 0 spiro atoms. The molecule has 0 aromatic heterocycles. The lowest BCUT2D eigenvalue weighted by Gasteiger charge is -2.50. The Labute approximate surface area is 286 Å². The van der Waals surface area contributed by atoms with Crippen LogP contribution in [0.3, 0.4) is 0 Å². The molecular weight excluding hydrogens is 658 g/mol. The van der Waals surface area contributed by atoms with Crippen LogP contribution in [0.1, 0.15) is 32.6 Å². The van der Waals surface area contributed by atoms with Crippen molar-refractivity contribution in [1.29, 1.82) is 0 Å². The molecule has 50 heavy (non-hydrogen) atoms. The second kappa shape index (κ2) is 14.2. The first-order chi connectivity index (χ1) is 24.2. The summed E-state index contributed by atoms with van der Waals surface area (Å²) in [5.41, 5.74) is 0.906. The molecular formula is C35H37NO14. The summed E-state index contributed by atoms with van der Waals surface area (Å²) in [6.07, 6.45) is -13.6. The van der Waals surface area contributed by atoms with E-state index in [2.05, 4.69) is 0 Å². The summed E-state index contributed by atoms with van der Waals surface area (Å²) < 4.78 is 46.5. The highest BCUT2D eigenvalue weighted by molar-refractivity contribution is 6.21. The summed E-state index contributed by atoms with van der Waals surface area (Å²) in [7, 11) is 3.05. The number of carbonyl (C=O) groups is 2. The van der Waals surface area contributed by atoms with Crippen LogP contribution in [-0.4, -0.2) is 126 Å². The predicted octanol–water partition coefficient (Wildman–Crippen LogP) is 0.772. The predicted molar refractivity (Wildman–Crippen MR) is 168 cm³/mol. The molecule has 11 atom stereocenters. The molecule has 3 fully saturated rings. The monoisotopic (exact) mass is 695 g/mol. The van der Waals surface area contributed by atoms with Gasteiger partial charge >= 0.3 is 0 Å². The fraction of sp³-hybridized carbons (Fsp3) is 0.429. The maximum absolute atomic E-state index is 13.6. The van der Waals surface area contributed by atoms with Crippen LogP contribution in [0.15, 0.2) is 72.8 Å². The van der Waals surface area contributed by atoms with Crippen LogP contribution in [0, 0.1) is 0 Å². The maximum atomic E-state index is 13.6. The second-order valence-electron chi connectivity index (χ2n) is 12.2. The van der Waals surface area contributed by atoms with Gasteiger partial charge in [-0.1, -0.05) is 24.3 Å². The minimum absolute atomic E-state index is 0.0480. The fourth-order valence-corrected chi connectivity index (χ4v) is 6.63. The molecule has 0 saturated carbocycles. The Kier molecular flexibility index (Phi) is 9.76. The minimum Gasteiger partial charge on any atom is -0.497 e. The highest BCUT2D eigenvalue weighted by atomic mass is 16.8. The van der Waals surface area contributed by atoms with Gasteiger partial charge in [-0.2, -0.15) is 0 Å². The van der Waals surface area contributed by atoms with Crippen LogP contribution < -0.4 is 14.2 Å². The van der Waals surface area contributed by atoms with Gasteiger partial charge in [0.15, 0.2) is 12.6 Å². The molecule has 2 amide bonds. The van der Waals surface area contributed by atoms with Crippen molar-refractivity contribution in [2.75, 3.05) is 27.4 Å². The summed E-state index contributed by atoms with van der Waals surface area (Å²) in [4.78, 5) is 28.1. The normalized spacial score (nSPS) is 33.8.